The van der Waals surface area contributed by atoms with Crippen molar-refractivity contribution in [3.63, 3.8) is 0 Å². The first-order valence-corrected chi connectivity index (χ1v) is 7.42. The molecule has 3 N–H and O–H groups in total. The second-order valence-electron chi connectivity index (χ2n) is 5.74. The van der Waals surface area contributed by atoms with Gasteiger partial charge in [0.15, 0.2) is 0 Å². The molecule has 0 saturated carbocycles. The highest BCUT2D eigenvalue weighted by molar-refractivity contribution is 5.76. The predicted octanol–water partition coefficient (Wildman–Crippen LogP) is 0.911. The summed E-state index contributed by atoms with van der Waals surface area (Å²) in [5.74, 6) is 0.892. The molecule has 1 aliphatic rings. The Balaban J connectivity index is 1.69. The summed E-state index contributed by atoms with van der Waals surface area (Å²) in [6, 6.07) is 6.24. The Kier molecular flexibility index (Phi) is 5.59. The smallest absolute Gasteiger partial charge is 0.220 e. The Bertz CT molecular complexity index is 460. The highest BCUT2D eigenvalue weighted by atomic mass is 16.5. The van der Waals surface area contributed by atoms with Crippen LogP contribution in [-0.4, -0.2) is 42.9 Å². The Morgan fingerprint density at radius 3 is 2.71 bits per heavy atom. The normalized spacial score (nSPS) is 20.0. The van der Waals surface area contributed by atoms with Crippen molar-refractivity contribution >= 4 is 5.91 Å². The second kappa shape index (κ2) is 7.43. The number of piperidine rings is 1. The van der Waals surface area contributed by atoms with Crippen molar-refractivity contribution < 1.29 is 14.6 Å². The molecule has 1 heterocycles. The third-order valence-corrected chi connectivity index (χ3v) is 3.55. The van der Waals surface area contributed by atoms with Crippen LogP contribution in [0.15, 0.2) is 18.2 Å². The number of nitrogens with one attached hydrogen (secondary N) is 2. The number of rotatable bonds is 6. The number of carbonyl (C=O) groups excluding carboxylic acids is 1. The maximum Gasteiger partial charge on any atom is 0.220 e. The summed E-state index contributed by atoms with van der Waals surface area (Å²) in [4.78, 5) is 11.1. The van der Waals surface area contributed by atoms with Crippen LogP contribution in [0.4, 0.5) is 0 Å². The van der Waals surface area contributed by atoms with E-state index in [9.17, 15) is 9.90 Å². The molecule has 1 aromatic rings. The minimum Gasteiger partial charge on any atom is -0.491 e. The molecule has 2 atom stereocenters. The lowest BCUT2D eigenvalue weighted by molar-refractivity contribution is -0.122. The van der Waals surface area contributed by atoms with E-state index in [-0.39, 0.29) is 18.6 Å². The average molecular weight is 292 g/mol. The van der Waals surface area contributed by atoms with E-state index in [4.69, 9.17) is 4.74 Å². The van der Waals surface area contributed by atoms with Crippen molar-refractivity contribution in [1.82, 2.24) is 10.6 Å². The summed E-state index contributed by atoms with van der Waals surface area (Å²) >= 11 is 0. The van der Waals surface area contributed by atoms with E-state index in [1.165, 1.54) is 0 Å². The number of benzene rings is 1. The van der Waals surface area contributed by atoms with Crippen molar-refractivity contribution in [3.05, 3.63) is 29.3 Å². The van der Waals surface area contributed by atoms with Gasteiger partial charge in [0.1, 0.15) is 18.5 Å². The van der Waals surface area contributed by atoms with Gasteiger partial charge in [-0.2, -0.15) is 0 Å². The van der Waals surface area contributed by atoms with E-state index in [1.54, 1.807) is 0 Å². The lowest BCUT2D eigenvalue weighted by atomic mass is 10.1. The Morgan fingerprint density at radius 2 is 2.10 bits per heavy atom. The Hall–Kier alpha value is -1.59. The van der Waals surface area contributed by atoms with E-state index in [0.717, 1.165) is 23.3 Å². The molecule has 5 heteroatoms. The lowest BCUT2D eigenvalue weighted by Crippen LogP contribution is -2.48. The van der Waals surface area contributed by atoms with E-state index in [2.05, 4.69) is 16.7 Å². The standard InChI is InChI=1S/C16H24N2O3/c1-11-5-12(2)7-15(6-11)21-10-14(19)9-17-13-3-4-16(20)18-8-13/h5-7,13-14,17,19H,3-4,8-10H2,1-2H3,(H,18,20). The van der Waals surface area contributed by atoms with Crippen LogP contribution in [-0.2, 0) is 4.79 Å². The Labute approximate surface area is 125 Å². The fourth-order valence-electron chi connectivity index (χ4n) is 2.48. The van der Waals surface area contributed by atoms with Crippen LogP contribution in [0.25, 0.3) is 0 Å². The molecular weight excluding hydrogens is 268 g/mol. The van der Waals surface area contributed by atoms with Crippen LogP contribution < -0.4 is 15.4 Å². The molecule has 0 aromatic heterocycles. The molecule has 0 aliphatic carbocycles. The molecule has 1 fully saturated rings. The van der Waals surface area contributed by atoms with Gasteiger partial charge >= 0.3 is 0 Å². The molecular formula is C16H24N2O3. The topological polar surface area (TPSA) is 70.6 Å². The molecule has 0 spiro atoms. The van der Waals surface area contributed by atoms with Gasteiger partial charge in [-0.05, 0) is 43.5 Å². The van der Waals surface area contributed by atoms with Crippen molar-refractivity contribution in [2.75, 3.05) is 19.7 Å². The first-order valence-electron chi connectivity index (χ1n) is 7.42. The number of hydrogen-bond acceptors (Lipinski definition) is 4. The summed E-state index contributed by atoms with van der Waals surface area (Å²) in [5, 5.41) is 16.0. The number of ether oxygens (including phenoxy) is 1. The van der Waals surface area contributed by atoms with Crippen LogP contribution in [0.1, 0.15) is 24.0 Å². The highest BCUT2D eigenvalue weighted by Gasteiger charge is 2.18. The summed E-state index contributed by atoms with van der Waals surface area (Å²) in [7, 11) is 0. The van der Waals surface area contributed by atoms with Crippen molar-refractivity contribution in [2.24, 2.45) is 0 Å². The average Bonchev–Trinajstić information content (AvgIpc) is 2.43. The minimum absolute atomic E-state index is 0.103. The fraction of sp³-hybridized carbons (Fsp3) is 0.562. The fourth-order valence-corrected chi connectivity index (χ4v) is 2.48. The number of aliphatic hydroxyl groups is 1. The molecule has 1 aromatic carbocycles. The molecule has 1 aliphatic heterocycles. The molecule has 116 valence electrons. The first kappa shape index (κ1) is 15.8. The van der Waals surface area contributed by atoms with Gasteiger partial charge in [-0.15, -0.1) is 0 Å². The third-order valence-electron chi connectivity index (χ3n) is 3.55. The SMILES string of the molecule is Cc1cc(C)cc(OCC(O)CNC2CCC(=O)NC2)c1. The maximum absolute atomic E-state index is 11.1. The van der Waals surface area contributed by atoms with Gasteiger partial charge in [0, 0.05) is 25.6 Å². The number of aryl methyl sites for hydroxylation is 2. The van der Waals surface area contributed by atoms with Crippen LogP contribution in [0, 0.1) is 13.8 Å². The molecule has 1 saturated heterocycles. The van der Waals surface area contributed by atoms with Crippen LogP contribution in [0.2, 0.25) is 0 Å². The lowest BCUT2D eigenvalue weighted by Gasteiger charge is -2.24. The molecule has 0 bridgehead atoms. The molecule has 2 unspecified atom stereocenters. The van der Waals surface area contributed by atoms with Crippen LogP contribution in [0.3, 0.4) is 0 Å². The van der Waals surface area contributed by atoms with Gasteiger partial charge in [0.05, 0.1) is 0 Å². The summed E-state index contributed by atoms with van der Waals surface area (Å²) in [5.41, 5.74) is 2.30. The number of carbonyl (C=O) groups is 1. The van der Waals surface area contributed by atoms with Crippen LogP contribution in [0.5, 0.6) is 5.75 Å². The highest BCUT2D eigenvalue weighted by Crippen LogP contribution is 2.16. The zero-order chi connectivity index (χ0) is 15.2. The third kappa shape index (κ3) is 5.36. The molecule has 0 radical (unpaired) electrons. The summed E-state index contributed by atoms with van der Waals surface area (Å²) < 4.78 is 5.63. The van der Waals surface area contributed by atoms with Gasteiger partial charge < -0.3 is 20.5 Å². The van der Waals surface area contributed by atoms with E-state index in [0.29, 0.717) is 19.5 Å². The first-order chi connectivity index (χ1) is 10.0. The number of hydrogen-bond donors (Lipinski definition) is 3. The number of aliphatic hydroxyl groups excluding tert-OH is 1. The molecule has 2 rings (SSSR count). The quantitative estimate of drug-likeness (QED) is 0.729. The summed E-state index contributed by atoms with van der Waals surface area (Å²) in [6.07, 6.45) is 0.798. The van der Waals surface area contributed by atoms with Gasteiger partial charge in [-0.3, -0.25) is 4.79 Å². The van der Waals surface area contributed by atoms with E-state index < -0.39 is 6.10 Å². The molecule has 21 heavy (non-hydrogen) atoms. The predicted molar refractivity (Wildman–Crippen MR) is 81.5 cm³/mol. The molecule has 5 nitrogen and oxygen atoms in total. The van der Waals surface area contributed by atoms with Crippen molar-refractivity contribution in [2.45, 2.75) is 38.8 Å². The van der Waals surface area contributed by atoms with Crippen molar-refractivity contribution in [3.8, 4) is 5.75 Å². The zero-order valence-electron chi connectivity index (χ0n) is 12.7. The van der Waals surface area contributed by atoms with E-state index >= 15 is 0 Å². The number of amides is 1. The minimum atomic E-state index is -0.566. The monoisotopic (exact) mass is 292 g/mol. The van der Waals surface area contributed by atoms with Gasteiger partial charge in [-0.25, -0.2) is 0 Å². The van der Waals surface area contributed by atoms with Crippen molar-refractivity contribution in [1.29, 1.82) is 0 Å². The van der Waals surface area contributed by atoms with Crippen LogP contribution >= 0.6 is 0 Å². The largest absolute Gasteiger partial charge is 0.491 e. The Morgan fingerprint density at radius 1 is 1.38 bits per heavy atom. The van der Waals surface area contributed by atoms with Gasteiger partial charge in [0.25, 0.3) is 0 Å². The molecule has 1 amide bonds. The summed E-state index contributed by atoms with van der Waals surface area (Å²) in [6.45, 7) is 5.40. The zero-order valence-corrected chi connectivity index (χ0v) is 12.7. The van der Waals surface area contributed by atoms with E-state index in [1.807, 2.05) is 26.0 Å². The second-order valence-corrected chi connectivity index (χ2v) is 5.74. The maximum atomic E-state index is 11.1. The van der Waals surface area contributed by atoms with Gasteiger partial charge in [-0.1, -0.05) is 6.07 Å². The van der Waals surface area contributed by atoms with Gasteiger partial charge in [0.2, 0.25) is 5.91 Å².